The lowest BCUT2D eigenvalue weighted by Gasteiger charge is -2.19. The Kier molecular flexibility index (Phi) is 7.38. The molecule has 0 saturated carbocycles. The summed E-state index contributed by atoms with van der Waals surface area (Å²) in [6, 6.07) is 20.7. The number of ether oxygens (including phenoxy) is 2. The molecule has 4 rings (SSSR count). The molecule has 1 aliphatic rings. The Morgan fingerprint density at radius 3 is 2.19 bits per heavy atom. The van der Waals surface area contributed by atoms with Crippen LogP contribution in [-0.4, -0.2) is 30.9 Å². The number of carbonyl (C=O) groups is 2. The first-order valence-electron chi connectivity index (χ1n) is 11.8. The van der Waals surface area contributed by atoms with Crippen LogP contribution in [0.1, 0.15) is 43.4 Å². The molecule has 3 aromatic rings. The van der Waals surface area contributed by atoms with Crippen molar-refractivity contribution in [1.29, 1.82) is 0 Å². The monoisotopic (exact) mass is 488 g/mol. The van der Waals surface area contributed by atoms with E-state index < -0.39 is 23.6 Å². The third-order valence-electron chi connectivity index (χ3n) is 5.65. The van der Waals surface area contributed by atoms with Crippen molar-refractivity contribution >= 4 is 23.9 Å². The number of rotatable bonds is 6. The average Bonchev–Trinajstić information content (AvgIpc) is 3.15. The molecular formula is C29H29FN2O4. The largest absolute Gasteiger partial charge is 0.449 e. The lowest BCUT2D eigenvalue weighted by molar-refractivity contribution is 0.0635. The number of amides is 2. The van der Waals surface area contributed by atoms with Crippen molar-refractivity contribution in [3.8, 4) is 11.1 Å². The van der Waals surface area contributed by atoms with Gasteiger partial charge in [-0.15, -0.1) is 0 Å². The molecule has 0 radical (unpaired) electrons. The van der Waals surface area contributed by atoms with Gasteiger partial charge in [-0.25, -0.2) is 14.0 Å². The molecule has 6 nitrogen and oxygen atoms in total. The van der Waals surface area contributed by atoms with Gasteiger partial charge in [0.2, 0.25) is 0 Å². The molecule has 1 aliphatic carbocycles. The molecule has 0 heterocycles. The number of hydrogen-bond donors (Lipinski definition) is 2. The van der Waals surface area contributed by atoms with E-state index in [9.17, 15) is 14.0 Å². The van der Waals surface area contributed by atoms with E-state index in [1.54, 1.807) is 39.0 Å². The number of nitrogens with one attached hydrogen (secondary N) is 2. The van der Waals surface area contributed by atoms with E-state index in [1.807, 2.05) is 24.3 Å². The summed E-state index contributed by atoms with van der Waals surface area (Å²) in [5, 5.41) is 5.08. The Morgan fingerprint density at radius 1 is 0.944 bits per heavy atom. The number of carbonyl (C=O) groups excluding carboxylic acids is 2. The lowest BCUT2D eigenvalue weighted by Crippen LogP contribution is -2.27. The molecular weight excluding hydrogens is 459 g/mol. The minimum Gasteiger partial charge on any atom is -0.449 e. The van der Waals surface area contributed by atoms with E-state index in [0.717, 1.165) is 11.1 Å². The standard InChI is InChI=1S/C29H29FN2O4/c1-29(2,3)36-28(34)32-26-15-14-19(17-25(26)30)9-8-16-31-27(33)35-18-24-22-12-6-4-10-20(22)21-11-5-7-13-23(21)24/h4-15,17,24H,16,18H2,1-3H3,(H,31,33)(H,32,34). The molecule has 0 atom stereocenters. The van der Waals surface area contributed by atoms with Crippen molar-refractivity contribution in [3.63, 3.8) is 0 Å². The smallest absolute Gasteiger partial charge is 0.412 e. The second kappa shape index (κ2) is 10.6. The minimum atomic E-state index is -0.725. The topological polar surface area (TPSA) is 76.7 Å². The molecule has 186 valence electrons. The highest BCUT2D eigenvalue weighted by molar-refractivity contribution is 5.85. The Morgan fingerprint density at radius 2 is 1.58 bits per heavy atom. The zero-order chi connectivity index (χ0) is 25.7. The maximum atomic E-state index is 14.3. The molecule has 0 aliphatic heterocycles. The van der Waals surface area contributed by atoms with Crippen LogP contribution in [-0.2, 0) is 9.47 Å². The molecule has 0 bridgehead atoms. The quantitative estimate of drug-likeness (QED) is 0.404. The molecule has 0 aromatic heterocycles. The first-order valence-corrected chi connectivity index (χ1v) is 11.8. The van der Waals surface area contributed by atoms with E-state index in [0.29, 0.717) is 5.56 Å². The van der Waals surface area contributed by atoms with Crippen LogP contribution in [0.3, 0.4) is 0 Å². The van der Waals surface area contributed by atoms with Gasteiger partial charge in [0.05, 0.1) is 5.69 Å². The van der Waals surface area contributed by atoms with Crippen molar-refractivity contribution in [2.75, 3.05) is 18.5 Å². The lowest BCUT2D eigenvalue weighted by atomic mass is 9.98. The predicted octanol–water partition coefficient (Wildman–Crippen LogP) is 6.72. The fourth-order valence-corrected chi connectivity index (χ4v) is 4.14. The van der Waals surface area contributed by atoms with Crippen molar-refractivity contribution in [2.24, 2.45) is 0 Å². The predicted molar refractivity (Wildman–Crippen MR) is 138 cm³/mol. The summed E-state index contributed by atoms with van der Waals surface area (Å²) in [7, 11) is 0. The summed E-state index contributed by atoms with van der Waals surface area (Å²) in [5.41, 5.74) is 4.57. The molecule has 0 unspecified atom stereocenters. The summed E-state index contributed by atoms with van der Waals surface area (Å²) >= 11 is 0. The fraction of sp³-hybridized carbons (Fsp3) is 0.241. The van der Waals surface area contributed by atoms with Gasteiger partial charge in [-0.05, 0) is 60.7 Å². The second-order valence-electron chi connectivity index (χ2n) is 9.47. The zero-order valence-corrected chi connectivity index (χ0v) is 20.5. The van der Waals surface area contributed by atoms with Crippen molar-refractivity contribution in [1.82, 2.24) is 5.32 Å². The number of halogens is 1. The van der Waals surface area contributed by atoms with Crippen LogP contribution in [0.2, 0.25) is 0 Å². The molecule has 36 heavy (non-hydrogen) atoms. The van der Waals surface area contributed by atoms with Crippen LogP contribution >= 0.6 is 0 Å². The molecule has 7 heteroatoms. The summed E-state index contributed by atoms with van der Waals surface area (Å²) < 4.78 is 25.0. The van der Waals surface area contributed by atoms with Crippen LogP contribution in [0.5, 0.6) is 0 Å². The summed E-state index contributed by atoms with van der Waals surface area (Å²) in [6.07, 6.45) is 2.11. The normalized spacial score (nSPS) is 12.7. The Balaban J connectivity index is 1.26. The fourth-order valence-electron chi connectivity index (χ4n) is 4.14. The van der Waals surface area contributed by atoms with Gasteiger partial charge in [-0.1, -0.05) is 66.7 Å². The Hall–Kier alpha value is -4.13. The molecule has 0 fully saturated rings. The molecule has 2 amide bonds. The molecule has 0 saturated heterocycles. The third kappa shape index (κ3) is 6.10. The van der Waals surface area contributed by atoms with Crippen molar-refractivity contribution in [3.05, 3.63) is 95.3 Å². The summed E-state index contributed by atoms with van der Waals surface area (Å²) in [5.74, 6) is -0.595. The van der Waals surface area contributed by atoms with E-state index in [4.69, 9.17) is 9.47 Å². The SMILES string of the molecule is CC(C)(C)OC(=O)Nc1ccc(C=CCNC(=O)OCC2c3ccccc3-c3ccccc32)cc1F. The maximum absolute atomic E-state index is 14.3. The van der Waals surface area contributed by atoms with Gasteiger partial charge in [0.1, 0.15) is 18.0 Å². The van der Waals surface area contributed by atoms with Crippen LogP contribution in [0.4, 0.5) is 19.7 Å². The third-order valence-corrected chi connectivity index (χ3v) is 5.65. The molecule has 3 aromatic carbocycles. The highest BCUT2D eigenvalue weighted by atomic mass is 19.1. The first kappa shape index (κ1) is 25.0. The van der Waals surface area contributed by atoms with Gasteiger partial charge < -0.3 is 14.8 Å². The first-order chi connectivity index (χ1) is 17.2. The maximum Gasteiger partial charge on any atom is 0.412 e. The van der Waals surface area contributed by atoms with Gasteiger partial charge in [-0.2, -0.15) is 0 Å². The molecule has 0 spiro atoms. The zero-order valence-electron chi connectivity index (χ0n) is 20.5. The second-order valence-corrected chi connectivity index (χ2v) is 9.47. The minimum absolute atomic E-state index is 0.00512. The van der Waals surface area contributed by atoms with Gasteiger partial charge in [0.25, 0.3) is 0 Å². The van der Waals surface area contributed by atoms with E-state index >= 15 is 0 Å². The van der Waals surface area contributed by atoms with Gasteiger partial charge in [-0.3, -0.25) is 5.32 Å². The Bertz CT molecular complexity index is 1250. The van der Waals surface area contributed by atoms with Crippen molar-refractivity contribution < 1.29 is 23.5 Å². The highest BCUT2D eigenvalue weighted by Gasteiger charge is 2.28. The highest BCUT2D eigenvalue weighted by Crippen LogP contribution is 2.44. The number of alkyl carbamates (subject to hydrolysis) is 1. The Labute approximate surface area is 210 Å². The van der Waals surface area contributed by atoms with E-state index in [2.05, 4.69) is 34.9 Å². The number of benzene rings is 3. The van der Waals surface area contributed by atoms with Gasteiger partial charge >= 0.3 is 12.2 Å². The van der Waals surface area contributed by atoms with E-state index in [1.165, 1.54) is 23.3 Å². The van der Waals surface area contributed by atoms with Crippen LogP contribution in [0.15, 0.2) is 72.8 Å². The van der Waals surface area contributed by atoms with Crippen LogP contribution in [0, 0.1) is 5.82 Å². The van der Waals surface area contributed by atoms with Crippen molar-refractivity contribution in [2.45, 2.75) is 32.3 Å². The number of hydrogen-bond acceptors (Lipinski definition) is 4. The average molecular weight is 489 g/mol. The van der Waals surface area contributed by atoms with Crippen LogP contribution < -0.4 is 10.6 Å². The van der Waals surface area contributed by atoms with E-state index in [-0.39, 0.29) is 24.8 Å². The number of anilines is 1. The van der Waals surface area contributed by atoms with Gasteiger partial charge in [0, 0.05) is 12.5 Å². The van der Waals surface area contributed by atoms with Crippen LogP contribution in [0.25, 0.3) is 17.2 Å². The van der Waals surface area contributed by atoms with Gasteiger partial charge in [0.15, 0.2) is 0 Å². The summed E-state index contributed by atoms with van der Waals surface area (Å²) in [6.45, 7) is 5.64. The summed E-state index contributed by atoms with van der Waals surface area (Å²) in [4.78, 5) is 24.1. The molecule has 2 N–H and O–H groups in total. The number of fused-ring (bicyclic) bond motifs is 3.